The molecule has 2 fully saturated rings. The van der Waals surface area contributed by atoms with Crippen LogP contribution in [0.1, 0.15) is 46.5 Å². The Morgan fingerprint density at radius 3 is 2.62 bits per heavy atom. The molecular weight excluding hydrogens is 264 g/mol. The van der Waals surface area contributed by atoms with Gasteiger partial charge in [0.2, 0.25) is 0 Å². The average molecular weight is 298 g/mol. The Morgan fingerprint density at radius 1 is 1.33 bits per heavy atom. The van der Waals surface area contributed by atoms with E-state index in [1.807, 2.05) is 0 Å². The van der Waals surface area contributed by atoms with Gasteiger partial charge in [-0.3, -0.25) is 0 Å². The Kier molecular flexibility index (Phi) is 5.69. The number of hydrogen-bond acceptors (Lipinski definition) is 4. The smallest absolute Gasteiger partial charge is 0.0939 e. The first-order chi connectivity index (χ1) is 9.97. The maximum atomic E-state index is 6.13. The van der Waals surface area contributed by atoms with Gasteiger partial charge >= 0.3 is 0 Å². The summed E-state index contributed by atoms with van der Waals surface area (Å²) in [5.74, 6) is 0.660. The van der Waals surface area contributed by atoms with Gasteiger partial charge in [-0.25, -0.2) is 0 Å². The lowest BCUT2D eigenvalue weighted by Gasteiger charge is -2.50. The molecule has 1 N–H and O–H groups in total. The van der Waals surface area contributed by atoms with Crippen LogP contribution in [-0.2, 0) is 9.47 Å². The average Bonchev–Trinajstić information content (AvgIpc) is 2.91. The van der Waals surface area contributed by atoms with Crippen LogP contribution in [0, 0.1) is 5.92 Å². The van der Waals surface area contributed by atoms with Crippen molar-refractivity contribution in [3.05, 3.63) is 0 Å². The fraction of sp³-hybridized carbons (Fsp3) is 1.00. The Bertz CT molecular complexity index is 329. The van der Waals surface area contributed by atoms with E-state index in [1.165, 1.54) is 0 Å². The van der Waals surface area contributed by atoms with Crippen molar-refractivity contribution in [2.24, 2.45) is 5.92 Å². The number of rotatable bonds is 6. The third kappa shape index (κ3) is 3.44. The quantitative estimate of drug-likeness (QED) is 0.816. The van der Waals surface area contributed by atoms with Crippen LogP contribution < -0.4 is 5.32 Å². The molecule has 124 valence electrons. The monoisotopic (exact) mass is 298 g/mol. The van der Waals surface area contributed by atoms with Crippen LogP contribution in [0.3, 0.4) is 0 Å². The Balaban J connectivity index is 2.17. The van der Waals surface area contributed by atoms with E-state index in [0.717, 1.165) is 52.0 Å². The lowest BCUT2D eigenvalue weighted by molar-refractivity contribution is -0.111. The highest BCUT2D eigenvalue weighted by Crippen LogP contribution is 2.40. The Morgan fingerprint density at radius 2 is 2.10 bits per heavy atom. The van der Waals surface area contributed by atoms with Crippen molar-refractivity contribution in [1.29, 1.82) is 0 Å². The predicted molar refractivity (Wildman–Crippen MR) is 86.7 cm³/mol. The molecule has 0 radical (unpaired) electrons. The molecule has 0 aromatic heterocycles. The normalized spacial score (nSPS) is 34.3. The first-order valence-electron chi connectivity index (χ1n) is 8.60. The van der Waals surface area contributed by atoms with Crippen molar-refractivity contribution in [3.63, 3.8) is 0 Å². The molecule has 2 heterocycles. The van der Waals surface area contributed by atoms with Crippen molar-refractivity contribution in [1.82, 2.24) is 10.2 Å². The van der Waals surface area contributed by atoms with E-state index in [2.05, 4.69) is 45.1 Å². The van der Waals surface area contributed by atoms with Gasteiger partial charge in [-0.15, -0.1) is 0 Å². The van der Waals surface area contributed by atoms with Crippen LogP contribution >= 0.6 is 0 Å². The molecule has 4 unspecified atom stereocenters. The molecule has 2 saturated heterocycles. The second kappa shape index (κ2) is 6.95. The molecule has 2 rings (SSSR count). The number of nitrogens with one attached hydrogen (secondary N) is 1. The molecule has 0 aliphatic carbocycles. The summed E-state index contributed by atoms with van der Waals surface area (Å²) in [6, 6.07) is 0.504. The molecule has 4 nitrogen and oxygen atoms in total. The number of ether oxygens (including phenoxy) is 2. The van der Waals surface area contributed by atoms with Gasteiger partial charge in [-0.1, -0.05) is 13.8 Å². The molecule has 1 spiro atoms. The maximum Gasteiger partial charge on any atom is 0.0939 e. The van der Waals surface area contributed by atoms with E-state index in [-0.39, 0.29) is 11.1 Å². The molecule has 4 atom stereocenters. The molecule has 0 saturated carbocycles. The summed E-state index contributed by atoms with van der Waals surface area (Å²) in [5.41, 5.74) is 0.177. The minimum Gasteiger partial charge on any atom is -0.378 e. The molecule has 0 amide bonds. The number of nitrogens with zero attached hydrogens (tertiary/aromatic N) is 1. The zero-order chi connectivity index (χ0) is 15.5. The van der Waals surface area contributed by atoms with Gasteiger partial charge in [0.05, 0.1) is 12.2 Å². The summed E-state index contributed by atoms with van der Waals surface area (Å²) in [5, 5.41) is 3.79. The van der Waals surface area contributed by atoms with Crippen LogP contribution in [0.2, 0.25) is 0 Å². The first kappa shape index (κ1) is 17.2. The molecule has 0 aromatic rings. The second-order valence-electron chi connectivity index (χ2n) is 7.23. The highest BCUT2D eigenvalue weighted by atomic mass is 16.6. The van der Waals surface area contributed by atoms with Crippen LogP contribution in [0.5, 0.6) is 0 Å². The minimum absolute atomic E-state index is 0.00243. The summed E-state index contributed by atoms with van der Waals surface area (Å²) in [4.78, 5) is 2.40. The summed E-state index contributed by atoms with van der Waals surface area (Å²) in [7, 11) is 4.42. The van der Waals surface area contributed by atoms with E-state index in [0.29, 0.717) is 12.0 Å². The van der Waals surface area contributed by atoms with E-state index < -0.39 is 0 Å². The van der Waals surface area contributed by atoms with Gasteiger partial charge in [0, 0.05) is 31.2 Å². The van der Waals surface area contributed by atoms with E-state index in [1.54, 1.807) is 0 Å². The van der Waals surface area contributed by atoms with Gasteiger partial charge in [-0.05, 0) is 52.7 Å². The van der Waals surface area contributed by atoms with Gasteiger partial charge in [-0.2, -0.15) is 0 Å². The zero-order valence-corrected chi connectivity index (χ0v) is 14.6. The summed E-state index contributed by atoms with van der Waals surface area (Å²) >= 11 is 0. The fourth-order valence-corrected chi connectivity index (χ4v) is 4.14. The SMILES string of the molecule is CCNC(C1CCOC2(CCOC2)C1)C(C)(CC)N(C)C. The molecular formula is C17H34N2O2. The van der Waals surface area contributed by atoms with Crippen molar-refractivity contribution < 1.29 is 9.47 Å². The summed E-state index contributed by atoms with van der Waals surface area (Å²) in [6.45, 7) is 10.5. The Hall–Kier alpha value is -0.160. The zero-order valence-electron chi connectivity index (χ0n) is 14.6. The van der Waals surface area contributed by atoms with Gasteiger partial charge in [0.15, 0.2) is 0 Å². The highest BCUT2D eigenvalue weighted by molar-refractivity contribution is 5.02. The number of likely N-dealkylation sites (N-methyl/N-ethyl adjacent to an activating group) is 2. The maximum absolute atomic E-state index is 6.13. The summed E-state index contributed by atoms with van der Waals surface area (Å²) in [6.07, 6.45) is 4.50. The highest BCUT2D eigenvalue weighted by Gasteiger charge is 2.47. The topological polar surface area (TPSA) is 33.7 Å². The standard InChI is InChI=1S/C17H34N2O2/c1-6-16(3,19(4)5)15(18-7-2)14-8-10-21-17(12-14)9-11-20-13-17/h14-15,18H,6-13H2,1-5H3. The van der Waals surface area contributed by atoms with Crippen molar-refractivity contribution in [2.75, 3.05) is 40.5 Å². The van der Waals surface area contributed by atoms with Gasteiger partial charge < -0.3 is 19.7 Å². The molecule has 4 heteroatoms. The van der Waals surface area contributed by atoms with Gasteiger partial charge in [0.25, 0.3) is 0 Å². The van der Waals surface area contributed by atoms with Crippen LogP contribution in [0.25, 0.3) is 0 Å². The van der Waals surface area contributed by atoms with Crippen LogP contribution in [0.4, 0.5) is 0 Å². The van der Waals surface area contributed by atoms with Crippen molar-refractivity contribution in [2.45, 2.75) is 63.6 Å². The first-order valence-corrected chi connectivity index (χ1v) is 8.60. The van der Waals surface area contributed by atoms with Crippen LogP contribution in [-0.4, -0.2) is 62.5 Å². The lowest BCUT2D eigenvalue weighted by Crippen LogP contribution is -2.62. The van der Waals surface area contributed by atoms with Crippen LogP contribution in [0.15, 0.2) is 0 Å². The number of hydrogen-bond donors (Lipinski definition) is 1. The molecule has 2 aliphatic rings. The largest absolute Gasteiger partial charge is 0.378 e. The molecule has 0 bridgehead atoms. The third-order valence-corrected chi connectivity index (χ3v) is 5.90. The summed E-state index contributed by atoms with van der Waals surface area (Å²) < 4.78 is 11.8. The molecule has 2 aliphatic heterocycles. The lowest BCUT2D eigenvalue weighted by atomic mass is 9.73. The second-order valence-corrected chi connectivity index (χ2v) is 7.23. The van der Waals surface area contributed by atoms with E-state index in [4.69, 9.17) is 9.47 Å². The Labute approximate surface area is 130 Å². The van der Waals surface area contributed by atoms with Crippen molar-refractivity contribution in [3.8, 4) is 0 Å². The van der Waals surface area contributed by atoms with E-state index >= 15 is 0 Å². The molecule has 21 heavy (non-hydrogen) atoms. The third-order valence-electron chi connectivity index (χ3n) is 5.90. The van der Waals surface area contributed by atoms with Gasteiger partial charge in [0.1, 0.15) is 0 Å². The predicted octanol–water partition coefficient (Wildman–Crippen LogP) is 2.28. The molecule has 0 aromatic carbocycles. The minimum atomic E-state index is -0.00243. The van der Waals surface area contributed by atoms with E-state index in [9.17, 15) is 0 Å². The fourth-order valence-electron chi connectivity index (χ4n) is 4.14. The van der Waals surface area contributed by atoms with Crippen molar-refractivity contribution >= 4 is 0 Å².